The Morgan fingerprint density at radius 3 is 2.63 bits per heavy atom. The van der Waals surface area contributed by atoms with Crippen LogP contribution < -0.4 is 26.0 Å². The molecule has 0 aliphatic carbocycles. The molecule has 0 bridgehead atoms. The van der Waals surface area contributed by atoms with E-state index in [4.69, 9.17) is 9.47 Å². The lowest BCUT2D eigenvalue weighted by Gasteiger charge is -2.13. The molecule has 0 aliphatic rings. The predicted molar refractivity (Wildman–Crippen MR) is 143 cm³/mol. The van der Waals surface area contributed by atoms with Crippen LogP contribution in [0.3, 0.4) is 0 Å². The number of fused-ring (bicyclic) bond motifs is 1. The van der Waals surface area contributed by atoms with Crippen LogP contribution in [0.4, 0.5) is 5.69 Å². The molecule has 0 saturated heterocycles. The summed E-state index contributed by atoms with van der Waals surface area (Å²) < 4.78 is 12.6. The van der Waals surface area contributed by atoms with E-state index >= 15 is 0 Å². The number of benzene rings is 3. The average Bonchev–Trinajstić information content (AvgIpc) is 2.84. The smallest absolute Gasteiger partial charge is 0.349 e. The number of hydrogen-bond donors (Lipinski definition) is 2. The van der Waals surface area contributed by atoms with Crippen molar-refractivity contribution in [1.29, 1.82) is 0 Å². The van der Waals surface area contributed by atoms with Gasteiger partial charge >= 0.3 is 5.69 Å². The highest BCUT2D eigenvalue weighted by molar-refractivity contribution is 14.1. The van der Waals surface area contributed by atoms with Gasteiger partial charge in [0.2, 0.25) is 0 Å². The van der Waals surface area contributed by atoms with Crippen molar-refractivity contribution in [1.82, 2.24) is 9.66 Å². The standard InChI is InChI=1S/C25H21IN4O5/c1-15-7-9-17(10-8-15)28-22(31)14-35-23-19(26)11-16(12-21(23)34-2)13-27-30-24(32)18-5-3-4-6-20(18)29-25(30)33/h3-13H,14H2,1-2H3,(H,28,31)(H,29,33). The van der Waals surface area contributed by atoms with E-state index in [-0.39, 0.29) is 12.5 Å². The van der Waals surface area contributed by atoms with Crippen LogP contribution >= 0.6 is 22.6 Å². The predicted octanol–water partition coefficient (Wildman–Crippen LogP) is 3.51. The molecule has 178 valence electrons. The molecule has 1 heterocycles. The molecule has 1 aromatic heterocycles. The Morgan fingerprint density at radius 1 is 1.14 bits per heavy atom. The number of hydrogen-bond acceptors (Lipinski definition) is 6. The molecule has 2 N–H and O–H groups in total. The maximum Gasteiger partial charge on any atom is 0.349 e. The molecular weight excluding hydrogens is 563 g/mol. The van der Waals surface area contributed by atoms with Gasteiger partial charge in [-0.15, -0.1) is 4.68 Å². The van der Waals surface area contributed by atoms with Gasteiger partial charge in [-0.2, -0.15) is 5.10 Å². The van der Waals surface area contributed by atoms with Crippen LogP contribution in [0, 0.1) is 10.5 Å². The number of rotatable bonds is 7. The lowest BCUT2D eigenvalue weighted by molar-refractivity contribution is -0.118. The lowest BCUT2D eigenvalue weighted by atomic mass is 10.2. The third-order valence-corrected chi connectivity index (χ3v) is 5.84. The van der Waals surface area contributed by atoms with E-state index in [1.54, 1.807) is 36.4 Å². The molecule has 10 heteroatoms. The zero-order valence-electron chi connectivity index (χ0n) is 18.9. The summed E-state index contributed by atoms with van der Waals surface area (Å²) in [6.45, 7) is 1.75. The van der Waals surface area contributed by atoms with Crippen molar-refractivity contribution in [2.75, 3.05) is 19.0 Å². The number of aryl methyl sites for hydroxylation is 1. The first-order valence-corrected chi connectivity index (χ1v) is 11.6. The molecule has 1 amide bonds. The lowest BCUT2D eigenvalue weighted by Crippen LogP contribution is -2.32. The highest BCUT2D eigenvalue weighted by Gasteiger charge is 2.14. The molecule has 35 heavy (non-hydrogen) atoms. The number of methoxy groups -OCH3 is 1. The topological polar surface area (TPSA) is 115 Å². The summed E-state index contributed by atoms with van der Waals surface area (Å²) in [4.78, 5) is 39.9. The zero-order valence-corrected chi connectivity index (χ0v) is 21.0. The second-order valence-corrected chi connectivity index (χ2v) is 8.74. The molecule has 9 nitrogen and oxygen atoms in total. The molecule has 0 radical (unpaired) electrons. The van der Waals surface area contributed by atoms with Crippen LogP contribution in [0.15, 0.2) is 75.4 Å². The second kappa shape index (κ2) is 10.6. The maximum absolute atomic E-state index is 12.7. The number of para-hydroxylation sites is 1. The number of carbonyl (C=O) groups excluding carboxylic acids is 1. The molecule has 3 aromatic carbocycles. The normalized spacial score (nSPS) is 11.1. The van der Waals surface area contributed by atoms with E-state index in [0.29, 0.717) is 37.2 Å². The Hall–Kier alpha value is -3.93. The van der Waals surface area contributed by atoms with Gasteiger partial charge in [-0.05, 0) is 71.5 Å². The van der Waals surface area contributed by atoms with Gasteiger partial charge in [0.1, 0.15) is 0 Å². The van der Waals surface area contributed by atoms with Gasteiger partial charge in [0, 0.05) is 5.69 Å². The minimum Gasteiger partial charge on any atom is -0.493 e. The first-order valence-electron chi connectivity index (χ1n) is 10.5. The van der Waals surface area contributed by atoms with Crippen LogP contribution in [0.1, 0.15) is 11.1 Å². The Balaban J connectivity index is 1.53. The molecule has 0 fully saturated rings. The molecule has 0 aliphatic heterocycles. The molecule has 0 saturated carbocycles. The summed E-state index contributed by atoms with van der Waals surface area (Å²) in [7, 11) is 1.48. The van der Waals surface area contributed by atoms with Gasteiger partial charge in [0.05, 0.1) is 27.8 Å². The number of carbonyl (C=O) groups is 1. The van der Waals surface area contributed by atoms with E-state index in [9.17, 15) is 14.4 Å². The number of amides is 1. The van der Waals surface area contributed by atoms with Crippen LogP contribution in [-0.4, -0.2) is 35.5 Å². The van der Waals surface area contributed by atoms with Crippen LogP contribution in [-0.2, 0) is 4.79 Å². The van der Waals surface area contributed by atoms with Crippen LogP contribution in [0.5, 0.6) is 11.5 Å². The number of nitrogens with one attached hydrogen (secondary N) is 2. The summed E-state index contributed by atoms with van der Waals surface area (Å²) in [5.41, 5.74) is 1.61. The third-order valence-electron chi connectivity index (χ3n) is 5.04. The molecule has 4 rings (SSSR count). The summed E-state index contributed by atoms with van der Waals surface area (Å²) in [5, 5.41) is 7.20. The highest BCUT2D eigenvalue weighted by atomic mass is 127. The van der Waals surface area contributed by atoms with Gasteiger partial charge in [-0.25, -0.2) is 4.79 Å². The monoisotopic (exact) mass is 584 g/mol. The van der Waals surface area contributed by atoms with E-state index in [0.717, 1.165) is 10.2 Å². The summed E-state index contributed by atoms with van der Waals surface area (Å²) >= 11 is 2.05. The van der Waals surface area contributed by atoms with Crippen molar-refractivity contribution < 1.29 is 14.3 Å². The van der Waals surface area contributed by atoms with Gasteiger partial charge in [0.25, 0.3) is 11.5 Å². The molecular formula is C25H21IN4O5. The van der Waals surface area contributed by atoms with E-state index in [1.807, 2.05) is 31.2 Å². The quantitative estimate of drug-likeness (QED) is 0.255. The molecule has 4 aromatic rings. The third kappa shape index (κ3) is 5.60. The fourth-order valence-electron chi connectivity index (χ4n) is 3.31. The summed E-state index contributed by atoms with van der Waals surface area (Å²) in [5.74, 6) is 0.457. The Labute approximate surface area is 213 Å². The summed E-state index contributed by atoms with van der Waals surface area (Å²) in [6.07, 6.45) is 1.38. The SMILES string of the molecule is COc1cc(C=Nn2c(=O)[nH]c3ccccc3c2=O)cc(I)c1OCC(=O)Nc1ccc(C)cc1. The minimum atomic E-state index is -0.647. The molecule has 0 atom stereocenters. The van der Waals surface area contributed by atoms with E-state index < -0.39 is 11.2 Å². The molecule has 0 spiro atoms. The van der Waals surface area contributed by atoms with Gasteiger partial charge in [-0.1, -0.05) is 29.8 Å². The van der Waals surface area contributed by atoms with Crippen molar-refractivity contribution in [3.8, 4) is 11.5 Å². The largest absolute Gasteiger partial charge is 0.493 e. The van der Waals surface area contributed by atoms with Crippen molar-refractivity contribution in [2.24, 2.45) is 5.10 Å². The van der Waals surface area contributed by atoms with Crippen molar-refractivity contribution >= 4 is 51.3 Å². The summed E-state index contributed by atoms with van der Waals surface area (Å²) in [6, 6.07) is 17.5. The number of aromatic amines is 1. The van der Waals surface area contributed by atoms with Crippen molar-refractivity contribution in [3.63, 3.8) is 0 Å². The van der Waals surface area contributed by atoms with E-state index in [1.165, 1.54) is 13.3 Å². The Bertz CT molecular complexity index is 1540. The average molecular weight is 584 g/mol. The minimum absolute atomic E-state index is 0.213. The highest BCUT2D eigenvalue weighted by Crippen LogP contribution is 2.33. The van der Waals surface area contributed by atoms with E-state index in [2.05, 4.69) is 38.0 Å². The number of anilines is 1. The van der Waals surface area contributed by atoms with Crippen molar-refractivity contribution in [3.05, 3.63) is 96.2 Å². The van der Waals surface area contributed by atoms with Crippen LogP contribution in [0.2, 0.25) is 0 Å². The number of halogens is 1. The van der Waals surface area contributed by atoms with Crippen LogP contribution in [0.25, 0.3) is 10.9 Å². The number of nitrogens with zero attached hydrogens (tertiary/aromatic N) is 2. The van der Waals surface area contributed by atoms with Crippen molar-refractivity contribution in [2.45, 2.75) is 6.92 Å². The Morgan fingerprint density at radius 2 is 1.89 bits per heavy atom. The molecule has 0 unspecified atom stereocenters. The first kappa shape index (κ1) is 24.2. The van der Waals surface area contributed by atoms with Gasteiger partial charge in [-0.3, -0.25) is 9.59 Å². The number of aromatic nitrogens is 2. The van der Waals surface area contributed by atoms with Gasteiger partial charge < -0.3 is 19.8 Å². The zero-order chi connectivity index (χ0) is 24.9. The fraction of sp³-hybridized carbons (Fsp3) is 0.120. The maximum atomic E-state index is 12.7. The first-order chi connectivity index (χ1) is 16.9. The number of H-pyrrole nitrogens is 1. The number of ether oxygens (including phenoxy) is 2. The second-order valence-electron chi connectivity index (χ2n) is 7.57. The Kier molecular flexibility index (Phi) is 7.30. The fourth-order valence-corrected chi connectivity index (χ4v) is 4.09. The van der Waals surface area contributed by atoms with Gasteiger partial charge in [0.15, 0.2) is 18.1 Å².